The van der Waals surface area contributed by atoms with E-state index in [9.17, 15) is 0 Å². The summed E-state index contributed by atoms with van der Waals surface area (Å²) in [5.74, 6) is 2.53. The molecule has 24 heavy (non-hydrogen) atoms. The van der Waals surface area contributed by atoms with Gasteiger partial charge in [0, 0.05) is 32.1 Å². The molecule has 0 radical (unpaired) electrons. The molecule has 1 saturated carbocycles. The molecule has 2 saturated heterocycles. The largest absolute Gasteiger partial charge is 0.370 e. The van der Waals surface area contributed by atoms with Crippen LogP contribution in [0.2, 0.25) is 0 Å². The lowest BCUT2D eigenvalue weighted by molar-refractivity contribution is 0.197. The molecule has 5 heteroatoms. The van der Waals surface area contributed by atoms with Gasteiger partial charge in [-0.15, -0.1) is 0 Å². The van der Waals surface area contributed by atoms with Crippen molar-refractivity contribution in [1.82, 2.24) is 19.5 Å². The van der Waals surface area contributed by atoms with Crippen LogP contribution < -0.4 is 4.90 Å². The van der Waals surface area contributed by atoms with E-state index >= 15 is 0 Å². The number of aromatic nitrogens is 3. The summed E-state index contributed by atoms with van der Waals surface area (Å²) in [4.78, 5) is 9.94. The number of likely N-dealkylation sites (tertiary alicyclic amines) is 1. The molecule has 3 aliphatic rings. The molecular weight excluding hydrogens is 298 g/mol. The molecule has 0 aromatic carbocycles. The average molecular weight is 325 g/mol. The van der Waals surface area contributed by atoms with Gasteiger partial charge in [0.1, 0.15) is 0 Å². The summed E-state index contributed by atoms with van der Waals surface area (Å²) in [5.41, 5.74) is 2.28. The zero-order chi connectivity index (χ0) is 15.9. The Hall–Kier alpha value is -1.62. The highest BCUT2D eigenvalue weighted by molar-refractivity contribution is 5.51. The standard InChI is InChI=1S/C19H27N5/c1-2-11-23(10-1)17-7-8-18-20-19(21-24(18)14-17)16-4-3-9-22(13-16)12-15-5-6-15/h7-8,14-16H,1-6,9-13H2/t16-/m0/s1. The van der Waals surface area contributed by atoms with Crippen molar-refractivity contribution in [3.05, 3.63) is 24.2 Å². The second-order valence-electron chi connectivity index (χ2n) is 7.90. The van der Waals surface area contributed by atoms with Gasteiger partial charge in [-0.3, -0.25) is 0 Å². The van der Waals surface area contributed by atoms with E-state index in [4.69, 9.17) is 10.1 Å². The first-order valence-corrected chi connectivity index (χ1v) is 9.69. The zero-order valence-corrected chi connectivity index (χ0v) is 14.4. The molecule has 2 aromatic heterocycles. The van der Waals surface area contributed by atoms with Crippen molar-refractivity contribution < 1.29 is 0 Å². The van der Waals surface area contributed by atoms with E-state index in [0.29, 0.717) is 5.92 Å². The first-order chi connectivity index (χ1) is 11.8. The summed E-state index contributed by atoms with van der Waals surface area (Å²) in [7, 11) is 0. The van der Waals surface area contributed by atoms with Gasteiger partial charge in [-0.25, -0.2) is 9.50 Å². The molecule has 2 aromatic rings. The van der Waals surface area contributed by atoms with Crippen LogP contribution in [-0.2, 0) is 0 Å². The fourth-order valence-corrected chi connectivity index (χ4v) is 4.32. The minimum atomic E-state index is 0.507. The van der Waals surface area contributed by atoms with Crippen LogP contribution in [0.4, 0.5) is 5.69 Å². The van der Waals surface area contributed by atoms with E-state index in [0.717, 1.165) is 23.9 Å². The van der Waals surface area contributed by atoms with E-state index in [1.165, 1.54) is 70.4 Å². The average Bonchev–Trinajstić information content (AvgIpc) is 3.12. The summed E-state index contributed by atoms with van der Waals surface area (Å²) in [6, 6.07) is 4.34. The lowest BCUT2D eigenvalue weighted by Gasteiger charge is -2.31. The Morgan fingerprint density at radius 2 is 1.88 bits per heavy atom. The van der Waals surface area contributed by atoms with Gasteiger partial charge in [-0.05, 0) is 63.1 Å². The number of nitrogens with zero attached hydrogens (tertiary/aromatic N) is 5. The van der Waals surface area contributed by atoms with Crippen molar-refractivity contribution in [2.24, 2.45) is 5.92 Å². The summed E-state index contributed by atoms with van der Waals surface area (Å²) in [5, 5.41) is 4.85. The normalized spacial score (nSPS) is 25.7. The van der Waals surface area contributed by atoms with Gasteiger partial charge in [0.05, 0.1) is 11.9 Å². The van der Waals surface area contributed by atoms with Crippen molar-refractivity contribution in [2.75, 3.05) is 37.6 Å². The van der Waals surface area contributed by atoms with Gasteiger partial charge in [0.15, 0.2) is 11.5 Å². The van der Waals surface area contributed by atoms with Gasteiger partial charge in [-0.1, -0.05) is 0 Å². The zero-order valence-electron chi connectivity index (χ0n) is 14.4. The van der Waals surface area contributed by atoms with Crippen molar-refractivity contribution >= 4 is 11.3 Å². The molecule has 4 heterocycles. The number of anilines is 1. The maximum atomic E-state index is 4.85. The van der Waals surface area contributed by atoms with E-state index < -0.39 is 0 Å². The summed E-state index contributed by atoms with van der Waals surface area (Å²) >= 11 is 0. The first kappa shape index (κ1) is 14.7. The summed E-state index contributed by atoms with van der Waals surface area (Å²) < 4.78 is 2.00. The van der Waals surface area contributed by atoms with Crippen LogP contribution in [-0.4, -0.2) is 52.2 Å². The molecule has 0 unspecified atom stereocenters. The third-order valence-electron chi connectivity index (χ3n) is 5.89. The van der Waals surface area contributed by atoms with E-state index in [-0.39, 0.29) is 0 Å². The molecule has 0 N–H and O–H groups in total. The topological polar surface area (TPSA) is 36.7 Å². The minimum Gasteiger partial charge on any atom is -0.370 e. The molecule has 0 bridgehead atoms. The SMILES string of the molecule is c1cc2nc([C@H]3CCCN(CC4CC4)C3)nn2cc1N1CCCC1. The Balaban J connectivity index is 1.36. The quantitative estimate of drug-likeness (QED) is 0.866. The Labute approximate surface area is 143 Å². The molecule has 3 fully saturated rings. The number of hydrogen-bond donors (Lipinski definition) is 0. The maximum Gasteiger partial charge on any atom is 0.156 e. The van der Waals surface area contributed by atoms with Crippen molar-refractivity contribution in [3.63, 3.8) is 0 Å². The highest BCUT2D eigenvalue weighted by atomic mass is 15.3. The predicted octanol–water partition coefficient (Wildman–Crippen LogP) is 2.92. The molecule has 1 aliphatic carbocycles. The van der Waals surface area contributed by atoms with E-state index in [1.54, 1.807) is 0 Å². The monoisotopic (exact) mass is 325 g/mol. The van der Waals surface area contributed by atoms with Crippen molar-refractivity contribution in [1.29, 1.82) is 0 Å². The number of piperidine rings is 1. The van der Waals surface area contributed by atoms with Crippen molar-refractivity contribution in [3.8, 4) is 0 Å². The Morgan fingerprint density at radius 1 is 1.00 bits per heavy atom. The van der Waals surface area contributed by atoms with Crippen LogP contribution in [0.25, 0.3) is 5.65 Å². The lowest BCUT2D eigenvalue weighted by atomic mass is 9.97. The Bertz CT molecular complexity index is 714. The second-order valence-corrected chi connectivity index (χ2v) is 7.90. The Morgan fingerprint density at radius 3 is 2.71 bits per heavy atom. The van der Waals surface area contributed by atoms with Crippen LogP contribution in [0.15, 0.2) is 18.3 Å². The smallest absolute Gasteiger partial charge is 0.156 e. The minimum absolute atomic E-state index is 0.507. The number of fused-ring (bicyclic) bond motifs is 1. The first-order valence-electron chi connectivity index (χ1n) is 9.69. The molecule has 0 amide bonds. The molecule has 128 valence electrons. The third kappa shape index (κ3) is 2.90. The molecule has 1 atom stereocenters. The summed E-state index contributed by atoms with van der Waals surface area (Å²) in [6.07, 6.45) is 10.2. The van der Waals surface area contributed by atoms with Crippen LogP contribution in [0.5, 0.6) is 0 Å². The highest BCUT2D eigenvalue weighted by Gasteiger charge is 2.29. The van der Waals surface area contributed by atoms with Crippen LogP contribution in [0.3, 0.4) is 0 Å². The van der Waals surface area contributed by atoms with Gasteiger partial charge in [-0.2, -0.15) is 5.10 Å². The fourth-order valence-electron chi connectivity index (χ4n) is 4.32. The number of rotatable bonds is 4. The summed E-state index contributed by atoms with van der Waals surface area (Å²) in [6.45, 7) is 6.05. The fraction of sp³-hybridized carbons (Fsp3) is 0.684. The molecule has 5 rings (SSSR count). The highest BCUT2D eigenvalue weighted by Crippen LogP contribution is 2.33. The Kier molecular flexibility index (Phi) is 3.69. The molecule has 2 aliphatic heterocycles. The molecular formula is C19H27N5. The predicted molar refractivity (Wildman–Crippen MR) is 95.6 cm³/mol. The van der Waals surface area contributed by atoms with Gasteiger partial charge < -0.3 is 9.80 Å². The van der Waals surface area contributed by atoms with Crippen LogP contribution in [0.1, 0.15) is 50.3 Å². The van der Waals surface area contributed by atoms with Gasteiger partial charge in [0.2, 0.25) is 0 Å². The maximum absolute atomic E-state index is 4.85. The molecule has 5 nitrogen and oxygen atoms in total. The number of pyridine rings is 1. The van der Waals surface area contributed by atoms with E-state index in [2.05, 4.69) is 28.1 Å². The van der Waals surface area contributed by atoms with Crippen LogP contribution >= 0.6 is 0 Å². The number of hydrogen-bond acceptors (Lipinski definition) is 4. The van der Waals surface area contributed by atoms with Crippen molar-refractivity contribution in [2.45, 2.75) is 44.4 Å². The van der Waals surface area contributed by atoms with Gasteiger partial charge in [0.25, 0.3) is 0 Å². The third-order valence-corrected chi connectivity index (χ3v) is 5.89. The van der Waals surface area contributed by atoms with Crippen LogP contribution in [0, 0.1) is 5.92 Å². The van der Waals surface area contributed by atoms with E-state index in [1.807, 2.05) is 4.52 Å². The lowest BCUT2D eigenvalue weighted by Crippen LogP contribution is -2.36. The molecule has 0 spiro atoms. The van der Waals surface area contributed by atoms with Gasteiger partial charge >= 0.3 is 0 Å². The second kappa shape index (κ2) is 6.03.